The molecule has 0 radical (unpaired) electrons. The molecule has 0 aliphatic carbocycles. The first-order chi connectivity index (χ1) is 10.2. The zero-order chi connectivity index (χ0) is 15.1. The van der Waals surface area contributed by atoms with Crippen molar-refractivity contribution in [2.24, 2.45) is 0 Å². The minimum atomic E-state index is -0.266. The monoisotopic (exact) mass is 286 g/mol. The predicted molar refractivity (Wildman–Crippen MR) is 80.6 cm³/mol. The number of rotatable bonds is 6. The van der Waals surface area contributed by atoms with Crippen molar-refractivity contribution < 1.29 is 9.53 Å². The van der Waals surface area contributed by atoms with Crippen LogP contribution in [0, 0.1) is 6.92 Å². The number of hydrogen-bond acceptors (Lipinski definition) is 5. The van der Waals surface area contributed by atoms with Crippen molar-refractivity contribution in [3.8, 4) is 5.75 Å². The number of nitrogens with one attached hydrogen (secondary N) is 2. The van der Waals surface area contributed by atoms with Crippen molar-refractivity contribution in [1.29, 1.82) is 0 Å². The molecule has 0 saturated carbocycles. The van der Waals surface area contributed by atoms with Gasteiger partial charge in [-0.25, -0.2) is 9.97 Å². The second kappa shape index (κ2) is 7.23. The first-order valence-corrected chi connectivity index (χ1v) is 6.66. The highest BCUT2D eigenvalue weighted by atomic mass is 16.5. The molecule has 1 aromatic heterocycles. The number of aryl methyl sites for hydroxylation is 1. The molecule has 21 heavy (non-hydrogen) atoms. The van der Waals surface area contributed by atoms with E-state index in [0.29, 0.717) is 19.0 Å². The first kappa shape index (κ1) is 14.8. The molecule has 0 fully saturated rings. The van der Waals surface area contributed by atoms with Gasteiger partial charge in [-0.1, -0.05) is 12.1 Å². The number of nitrogens with zero attached hydrogens (tertiary/aromatic N) is 2. The van der Waals surface area contributed by atoms with Crippen molar-refractivity contribution >= 4 is 11.7 Å². The summed E-state index contributed by atoms with van der Waals surface area (Å²) in [5.74, 6) is 1.15. The Hall–Kier alpha value is -2.63. The van der Waals surface area contributed by atoms with E-state index in [0.717, 1.165) is 11.3 Å². The van der Waals surface area contributed by atoms with E-state index in [-0.39, 0.29) is 11.6 Å². The van der Waals surface area contributed by atoms with Gasteiger partial charge in [-0.2, -0.15) is 0 Å². The third-order valence-electron chi connectivity index (χ3n) is 2.79. The Morgan fingerprint density at radius 1 is 1.29 bits per heavy atom. The van der Waals surface area contributed by atoms with Crippen LogP contribution in [0.5, 0.6) is 5.75 Å². The summed E-state index contributed by atoms with van der Waals surface area (Å²) >= 11 is 0. The van der Waals surface area contributed by atoms with Crippen molar-refractivity contribution in [3.05, 3.63) is 47.9 Å². The third kappa shape index (κ3) is 4.45. The standard InChI is InChI=1S/C15H18N4O2/c1-11-4-3-5-12(8-11)21-7-6-17-15(20)13-9-19-14(16-2)10-18-13/h3-5,8-10H,6-7H2,1-2H3,(H,16,19)(H,17,20). The van der Waals surface area contributed by atoms with E-state index in [1.54, 1.807) is 7.05 Å². The molecule has 0 aliphatic heterocycles. The lowest BCUT2D eigenvalue weighted by atomic mass is 10.2. The Balaban J connectivity index is 1.76. The number of amides is 1. The van der Waals surface area contributed by atoms with E-state index in [2.05, 4.69) is 20.6 Å². The normalized spacial score (nSPS) is 10.0. The first-order valence-electron chi connectivity index (χ1n) is 6.66. The van der Waals surface area contributed by atoms with Crippen molar-refractivity contribution in [3.63, 3.8) is 0 Å². The fraction of sp³-hybridized carbons (Fsp3) is 0.267. The number of anilines is 1. The summed E-state index contributed by atoms with van der Waals surface area (Å²) in [6.07, 6.45) is 2.95. The summed E-state index contributed by atoms with van der Waals surface area (Å²) in [6, 6.07) is 7.77. The maximum absolute atomic E-state index is 11.8. The minimum absolute atomic E-state index is 0.266. The molecule has 1 aromatic carbocycles. The van der Waals surface area contributed by atoms with Gasteiger partial charge in [-0.05, 0) is 24.6 Å². The summed E-state index contributed by atoms with van der Waals surface area (Å²) in [6.45, 7) is 2.81. The molecule has 0 aliphatic rings. The largest absolute Gasteiger partial charge is 0.492 e. The van der Waals surface area contributed by atoms with E-state index < -0.39 is 0 Å². The fourth-order valence-electron chi connectivity index (χ4n) is 1.70. The van der Waals surface area contributed by atoms with Crippen LogP contribution in [0.15, 0.2) is 36.7 Å². The average Bonchev–Trinajstić information content (AvgIpc) is 2.51. The van der Waals surface area contributed by atoms with Crippen LogP contribution in [-0.2, 0) is 0 Å². The number of carbonyl (C=O) groups is 1. The Morgan fingerprint density at radius 3 is 2.81 bits per heavy atom. The van der Waals surface area contributed by atoms with Gasteiger partial charge < -0.3 is 15.4 Å². The van der Waals surface area contributed by atoms with Gasteiger partial charge in [-0.3, -0.25) is 4.79 Å². The van der Waals surface area contributed by atoms with Gasteiger partial charge in [0.2, 0.25) is 0 Å². The van der Waals surface area contributed by atoms with Crippen LogP contribution in [-0.4, -0.2) is 36.1 Å². The van der Waals surface area contributed by atoms with Crippen molar-refractivity contribution in [2.75, 3.05) is 25.5 Å². The molecule has 1 amide bonds. The topological polar surface area (TPSA) is 76.1 Å². The van der Waals surface area contributed by atoms with E-state index in [4.69, 9.17) is 4.74 Å². The maximum atomic E-state index is 11.8. The molecule has 2 aromatic rings. The Kier molecular flexibility index (Phi) is 5.09. The summed E-state index contributed by atoms with van der Waals surface area (Å²) in [7, 11) is 1.74. The van der Waals surface area contributed by atoms with Gasteiger partial charge in [0.05, 0.1) is 18.9 Å². The van der Waals surface area contributed by atoms with E-state index >= 15 is 0 Å². The lowest BCUT2D eigenvalue weighted by Crippen LogP contribution is -2.28. The van der Waals surface area contributed by atoms with Crippen LogP contribution < -0.4 is 15.4 Å². The second-order valence-electron chi connectivity index (χ2n) is 4.46. The van der Waals surface area contributed by atoms with Crippen LogP contribution in [0.25, 0.3) is 0 Å². The van der Waals surface area contributed by atoms with E-state index in [9.17, 15) is 4.79 Å². The highest BCUT2D eigenvalue weighted by Gasteiger charge is 2.06. The molecular formula is C15H18N4O2. The fourth-order valence-corrected chi connectivity index (χ4v) is 1.70. The molecule has 2 N–H and O–H groups in total. The smallest absolute Gasteiger partial charge is 0.271 e. The van der Waals surface area contributed by atoms with E-state index in [1.807, 2.05) is 31.2 Å². The second-order valence-corrected chi connectivity index (χ2v) is 4.46. The van der Waals surface area contributed by atoms with Gasteiger partial charge in [0.25, 0.3) is 5.91 Å². The molecule has 110 valence electrons. The lowest BCUT2D eigenvalue weighted by molar-refractivity contribution is 0.0941. The van der Waals surface area contributed by atoms with Crippen LogP contribution in [0.2, 0.25) is 0 Å². The Labute approximate surface area is 123 Å². The van der Waals surface area contributed by atoms with Crippen LogP contribution in [0.1, 0.15) is 16.1 Å². The molecule has 0 spiro atoms. The van der Waals surface area contributed by atoms with Crippen molar-refractivity contribution in [2.45, 2.75) is 6.92 Å². The Morgan fingerprint density at radius 2 is 2.14 bits per heavy atom. The number of ether oxygens (including phenoxy) is 1. The number of hydrogen-bond donors (Lipinski definition) is 2. The van der Waals surface area contributed by atoms with Gasteiger partial charge in [0.1, 0.15) is 23.9 Å². The van der Waals surface area contributed by atoms with Crippen LogP contribution in [0.3, 0.4) is 0 Å². The van der Waals surface area contributed by atoms with E-state index in [1.165, 1.54) is 12.4 Å². The summed E-state index contributed by atoms with van der Waals surface area (Å²) in [4.78, 5) is 19.9. The zero-order valence-corrected chi connectivity index (χ0v) is 12.1. The average molecular weight is 286 g/mol. The van der Waals surface area contributed by atoms with Gasteiger partial charge >= 0.3 is 0 Å². The molecule has 6 heteroatoms. The van der Waals surface area contributed by atoms with Crippen molar-refractivity contribution in [1.82, 2.24) is 15.3 Å². The number of aromatic nitrogens is 2. The van der Waals surface area contributed by atoms with Crippen LogP contribution >= 0.6 is 0 Å². The molecule has 0 bridgehead atoms. The predicted octanol–water partition coefficient (Wildman–Crippen LogP) is 1.64. The van der Waals surface area contributed by atoms with Gasteiger partial charge in [-0.15, -0.1) is 0 Å². The molecule has 6 nitrogen and oxygen atoms in total. The zero-order valence-electron chi connectivity index (χ0n) is 12.1. The minimum Gasteiger partial charge on any atom is -0.492 e. The van der Waals surface area contributed by atoms with Gasteiger partial charge in [0, 0.05) is 7.05 Å². The quantitative estimate of drug-likeness (QED) is 0.789. The summed E-state index contributed by atoms with van der Waals surface area (Å²) < 4.78 is 5.55. The molecule has 0 saturated heterocycles. The summed E-state index contributed by atoms with van der Waals surface area (Å²) in [5, 5.41) is 5.58. The highest BCUT2D eigenvalue weighted by molar-refractivity contribution is 5.91. The Bertz CT molecular complexity index is 599. The lowest BCUT2D eigenvalue weighted by Gasteiger charge is -2.08. The number of benzene rings is 1. The number of carbonyl (C=O) groups excluding carboxylic acids is 1. The molecular weight excluding hydrogens is 268 g/mol. The highest BCUT2D eigenvalue weighted by Crippen LogP contribution is 2.11. The third-order valence-corrected chi connectivity index (χ3v) is 2.79. The SMILES string of the molecule is CNc1cnc(C(=O)NCCOc2cccc(C)c2)cn1. The summed E-state index contributed by atoms with van der Waals surface area (Å²) in [5.41, 5.74) is 1.42. The molecule has 1 heterocycles. The molecule has 0 atom stereocenters. The van der Waals surface area contributed by atoms with Gasteiger partial charge in [0.15, 0.2) is 0 Å². The van der Waals surface area contributed by atoms with Crippen LogP contribution in [0.4, 0.5) is 5.82 Å². The molecule has 0 unspecified atom stereocenters. The molecule has 2 rings (SSSR count). The maximum Gasteiger partial charge on any atom is 0.271 e.